The van der Waals surface area contributed by atoms with Gasteiger partial charge in [-0.15, -0.1) is 0 Å². The molecule has 0 bridgehead atoms. The molecule has 2 rings (SSSR count). The van der Waals surface area contributed by atoms with Crippen molar-refractivity contribution in [2.24, 2.45) is 0 Å². The van der Waals surface area contributed by atoms with E-state index in [4.69, 9.17) is 4.74 Å². The number of aromatic nitrogens is 1. The molecule has 5 heteroatoms. The first kappa shape index (κ1) is 12.0. The van der Waals surface area contributed by atoms with Crippen LogP contribution in [0.4, 0.5) is 8.78 Å². The fourth-order valence-electron chi connectivity index (χ4n) is 1.22. The highest BCUT2D eigenvalue weighted by atomic mass is 79.9. The Balaban J connectivity index is 2.02. The molecule has 0 unspecified atom stereocenters. The van der Waals surface area contributed by atoms with Crippen molar-refractivity contribution in [2.45, 2.75) is 6.61 Å². The minimum Gasteiger partial charge on any atom is -0.487 e. The van der Waals surface area contributed by atoms with E-state index in [1.54, 1.807) is 0 Å². The Bertz CT molecular complexity index is 516. The van der Waals surface area contributed by atoms with E-state index in [1.165, 1.54) is 30.3 Å². The van der Waals surface area contributed by atoms with Gasteiger partial charge in [-0.2, -0.15) is 0 Å². The fraction of sp³-hybridized carbons (Fsp3) is 0.0833. The minimum absolute atomic E-state index is 0.207. The van der Waals surface area contributed by atoms with Crippen molar-refractivity contribution in [2.75, 3.05) is 0 Å². The predicted molar refractivity (Wildman–Crippen MR) is 62.6 cm³/mol. The zero-order valence-corrected chi connectivity index (χ0v) is 10.2. The van der Waals surface area contributed by atoms with Crippen molar-refractivity contribution in [3.05, 3.63) is 58.3 Å². The molecule has 0 amide bonds. The van der Waals surface area contributed by atoms with E-state index in [-0.39, 0.29) is 12.4 Å². The Hall–Kier alpha value is -1.49. The Kier molecular flexibility index (Phi) is 3.68. The first-order chi connectivity index (χ1) is 8.15. The van der Waals surface area contributed by atoms with Crippen LogP contribution in [-0.2, 0) is 6.61 Å². The van der Waals surface area contributed by atoms with E-state index in [0.717, 1.165) is 6.20 Å². The summed E-state index contributed by atoms with van der Waals surface area (Å²) < 4.78 is 31.3. The zero-order valence-electron chi connectivity index (χ0n) is 8.66. The number of nitrogens with zero attached hydrogens (tertiary/aromatic N) is 1. The van der Waals surface area contributed by atoms with Gasteiger partial charge in [0.25, 0.3) is 0 Å². The summed E-state index contributed by atoms with van der Waals surface area (Å²) in [5.41, 5.74) is 0.604. The molecule has 1 aromatic heterocycles. The van der Waals surface area contributed by atoms with Gasteiger partial charge in [0.2, 0.25) is 0 Å². The molecule has 0 saturated heterocycles. The quantitative estimate of drug-likeness (QED) is 0.862. The number of pyridine rings is 1. The molecule has 2 nitrogen and oxygen atoms in total. The average molecular weight is 300 g/mol. The molecule has 0 saturated carbocycles. The molecule has 0 fully saturated rings. The van der Waals surface area contributed by atoms with Crippen molar-refractivity contribution in [3.8, 4) is 5.75 Å². The SMILES string of the molecule is Fc1ccc(COc2ccc(F)c(Br)c2)nc1. The van der Waals surface area contributed by atoms with E-state index in [9.17, 15) is 8.78 Å². The van der Waals surface area contributed by atoms with Crippen molar-refractivity contribution in [3.63, 3.8) is 0 Å². The predicted octanol–water partition coefficient (Wildman–Crippen LogP) is 3.70. The maximum atomic E-state index is 12.9. The summed E-state index contributed by atoms with van der Waals surface area (Å²) in [6, 6.07) is 7.19. The number of halogens is 3. The molecule has 0 atom stereocenters. The molecule has 0 spiro atoms. The number of hydrogen-bond donors (Lipinski definition) is 0. The molecule has 17 heavy (non-hydrogen) atoms. The topological polar surface area (TPSA) is 22.1 Å². The van der Waals surface area contributed by atoms with E-state index in [1.807, 2.05) is 0 Å². The molecule has 88 valence electrons. The summed E-state index contributed by atoms with van der Waals surface area (Å²) in [5.74, 6) is -0.222. The summed E-state index contributed by atoms with van der Waals surface area (Å²) in [4.78, 5) is 3.85. The van der Waals surface area contributed by atoms with Gasteiger partial charge in [-0.25, -0.2) is 8.78 Å². The second-order valence-electron chi connectivity index (χ2n) is 3.33. The van der Waals surface area contributed by atoms with Crippen LogP contribution < -0.4 is 4.74 Å². The molecule has 0 radical (unpaired) electrons. The summed E-state index contributed by atoms with van der Waals surface area (Å²) >= 11 is 3.06. The normalized spacial score (nSPS) is 10.3. The Labute approximate surface area is 105 Å². The fourth-order valence-corrected chi connectivity index (χ4v) is 1.57. The second-order valence-corrected chi connectivity index (χ2v) is 4.19. The Morgan fingerprint density at radius 1 is 1.18 bits per heavy atom. The maximum absolute atomic E-state index is 12.9. The van der Waals surface area contributed by atoms with Crippen LogP contribution in [0, 0.1) is 11.6 Å². The molecule has 2 aromatic rings. The molecule has 0 aliphatic heterocycles. The van der Waals surface area contributed by atoms with E-state index >= 15 is 0 Å². The van der Waals surface area contributed by atoms with Crippen LogP contribution in [0.1, 0.15) is 5.69 Å². The van der Waals surface area contributed by atoms with Crippen LogP contribution >= 0.6 is 15.9 Å². The van der Waals surface area contributed by atoms with Crippen LogP contribution in [0.5, 0.6) is 5.75 Å². The van der Waals surface area contributed by atoms with Gasteiger partial charge in [0, 0.05) is 0 Å². The standard InChI is InChI=1S/C12H8BrF2NO/c13-11-5-10(3-4-12(11)15)17-7-9-2-1-8(14)6-16-9/h1-6H,7H2. The highest BCUT2D eigenvalue weighted by molar-refractivity contribution is 9.10. The number of rotatable bonds is 3. The summed E-state index contributed by atoms with van der Waals surface area (Å²) in [7, 11) is 0. The minimum atomic E-state index is -0.390. The summed E-state index contributed by atoms with van der Waals surface area (Å²) in [6.45, 7) is 0.207. The smallest absolute Gasteiger partial charge is 0.141 e. The van der Waals surface area contributed by atoms with Crippen molar-refractivity contribution >= 4 is 15.9 Å². The van der Waals surface area contributed by atoms with Crippen LogP contribution in [0.2, 0.25) is 0 Å². The van der Waals surface area contributed by atoms with Crippen molar-refractivity contribution < 1.29 is 13.5 Å². The highest BCUT2D eigenvalue weighted by Gasteiger charge is 2.02. The van der Waals surface area contributed by atoms with E-state index < -0.39 is 5.82 Å². The Morgan fingerprint density at radius 3 is 2.65 bits per heavy atom. The summed E-state index contributed by atoms with van der Waals surface area (Å²) in [6.07, 6.45) is 1.12. The third-order valence-electron chi connectivity index (χ3n) is 2.07. The van der Waals surface area contributed by atoms with Gasteiger partial charge < -0.3 is 4.74 Å². The maximum Gasteiger partial charge on any atom is 0.141 e. The molecule has 0 aliphatic carbocycles. The Morgan fingerprint density at radius 2 is 2.00 bits per heavy atom. The third-order valence-corrected chi connectivity index (χ3v) is 2.67. The lowest BCUT2D eigenvalue weighted by Crippen LogP contribution is -1.98. The average Bonchev–Trinajstić information content (AvgIpc) is 2.33. The van der Waals surface area contributed by atoms with Gasteiger partial charge >= 0.3 is 0 Å². The number of benzene rings is 1. The van der Waals surface area contributed by atoms with Crippen molar-refractivity contribution in [1.29, 1.82) is 0 Å². The summed E-state index contributed by atoms with van der Waals surface area (Å²) in [5, 5.41) is 0. The van der Waals surface area contributed by atoms with Gasteiger partial charge in [0.15, 0.2) is 0 Å². The van der Waals surface area contributed by atoms with Crippen LogP contribution in [0.3, 0.4) is 0 Å². The monoisotopic (exact) mass is 299 g/mol. The first-order valence-electron chi connectivity index (χ1n) is 4.83. The van der Waals surface area contributed by atoms with Crippen molar-refractivity contribution in [1.82, 2.24) is 4.98 Å². The van der Waals surface area contributed by atoms with Crippen LogP contribution in [0.15, 0.2) is 41.0 Å². The lowest BCUT2D eigenvalue weighted by molar-refractivity contribution is 0.300. The highest BCUT2D eigenvalue weighted by Crippen LogP contribution is 2.22. The van der Waals surface area contributed by atoms with Gasteiger partial charge in [0.1, 0.15) is 24.0 Å². The molecule has 0 aliphatic rings. The molecule has 1 aromatic carbocycles. The largest absolute Gasteiger partial charge is 0.487 e. The molecular formula is C12H8BrF2NO. The van der Waals surface area contributed by atoms with Gasteiger partial charge in [0.05, 0.1) is 16.4 Å². The zero-order chi connectivity index (χ0) is 12.3. The molecular weight excluding hydrogens is 292 g/mol. The van der Waals surface area contributed by atoms with Gasteiger partial charge in [-0.1, -0.05) is 0 Å². The third kappa shape index (κ3) is 3.23. The molecule has 0 N–H and O–H groups in total. The van der Waals surface area contributed by atoms with Crippen LogP contribution in [-0.4, -0.2) is 4.98 Å². The lowest BCUT2D eigenvalue weighted by Gasteiger charge is -2.06. The van der Waals surface area contributed by atoms with Gasteiger partial charge in [-0.05, 0) is 46.3 Å². The number of hydrogen-bond acceptors (Lipinski definition) is 2. The lowest BCUT2D eigenvalue weighted by atomic mass is 10.3. The first-order valence-corrected chi connectivity index (χ1v) is 5.63. The molecule has 1 heterocycles. The van der Waals surface area contributed by atoms with Crippen LogP contribution in [0.25, 0.3) is 0 Å². The van der Waals surface area contributed by atoms with E-state index in [2.05, 4.69) is 20.9 Å². The van der Waals surface area contributed by atoms with Gasteiger partial charge in [-0.3, -0.25) is 4.98 Å². The number of ether oxygens (including phenoxy) is 1. The van der Waals surface area contributed by atoms with E-state index in [0.29, 0.717) is 15.9 Å². The second kappa shape index (κ2) is 5.23.